The van der Waals surface area contributed by atoms with Gasteiger partial charge in [0.2, 0.25) is 0 Å². The first-order valence-corrected chi connectivity index (χ1v) is 8.09. The monoisotopic (exact) mass is 268 g/mol. The van der Waals surface area contributed by atoms with Gasteiger partial charge >= 0.3 is 8.80 Å². The van der Waals surface area contributed by atoms with E-state index in [1.165, 1.54) is 5.56 Å². The summed E-state index contributed by atoms with van der Waals surface area (Å²) >= 11 is 0. The zero-order chi connectivity index (χ0) is 12.8. The molecule has 3 rings (SSSR count). The molecule has 1 saturated heterocycles. The van der Waals surface area contributed by atoms with Crippen molar-refractivity contribution in [1.82, 2.24) is 0 Å². The van der Waals surface area contributed by atoms with Gasteiger partial charge in [0, 0.05) is 32.8 Å². The summed E-state index contributed by atoms with van der Waals surface area (Å²) in [7, 11) is 0.471. The van der Waals surface area contributed by atoms with Crippen LogP contribution in [0.25, 0.3) is 0 Å². The molecule has 6 heteroatoms. The van der Waals surface area contributed by atoms with Crippen molar-refractivity contribution in [2.24, 2.45) is 0 Å². The first kappa shape index (κ1) is 12.3. The fourth-order valence-electron chi connectivity index (χ4n) is 2.41. The number of fused-ring (bicyclic) bond motifs is 3. The predicted octanol–water partition coefficient (Wildman–Crippen LogP) is 1.60. The van der Waals surface area contributed by atoms with Crippen LogP contribution in [0.15, 0.2) is 24.3 Å². The second-order valence-electron chi connectivity index (χ2n) is 4.57. The Morgan fingerprint density at radius 3 is 2.61 bits per heavy atom. The van der Waals surface area contributed by atoms with Crippen LogP contribution in [0.2, 0.25) is 6.55 Å². The summed E-state index contributed by atoms with van der Waals surface area (Å²) in [6.45, 7) is 1.83. The highest BCUT2D eigenvalue weighted by molar-refractivity contribution is 6.59. The van der Waals surface area contributed by atoms with E-state index in [-0.39, 0.29) is 6.10 Å². The lowest BCUT2D eigenvalue weighted by molar-refractivity contribution is -0.567. The van der Waals surface area contributed by atoms with Crippen LogP contribution >= 0.6 is 0 Å². The quantitative estimate of drug-likeness (QED) is 0.613. The van der Waals surface area contributed by atoms with E-state index in [2.05, 4.69) is 6.07 Å². The maximum absolute atomic E-state index is 6.06. The Hall–Kier alpha value is -0.763. The van der Waals surface area contributed by atoms with Gasteiger partial charge in [-0.25, -0.2) is 4.89 Å². The van der Waals surface area contributed by atoms with Gasteiger partial charge in [0.05, 0.1) is 0 Å². The van der Waals surface area contributed by atoms with Gasteiger partial charge in [0.15, 0.2) is 6.10 Å². The van der Waals surface area contributed by atoms with Crippen LogP contribution in [0.5, 0.6) is 0 Å². The fourth-order valence-corrected chi connectivity index (χ4v) is 3.57. The molecule has 98 valence electrons. The fraction of sp³-hybridized carbons (Fsp3) is 0.500. The summed E-state index contributed by atoms with van der Waals surface area (Å²) in [4.78, 5) is 10.5. The lowest BCUT2D eigenvalue weighted by Crippen LogP contribution is -2.59. The maximum atomic E-state index is 6.06. The average molecular weight is 268 g/mol. The van der Waals surface area contributed by atoms with Crippen molar-refractivity contribution in [1.29, 1.82) is 0 Å². The molecular formula is C12H16O5Si. The zero-order valence-electron chi connectivity index (χ0n) is 10.6. The van der Waals surface area contributed by atoms with E-state index in [1.54, 1.807) is 14.2 Å². The molecule has 0 N–H and O–H groups in total. The van der Waals surface area contributed by atoms with Gasteiger partial charge in [-0.15, -0.1) is 0 Å². The van der Waals surface area contributed by atoms with E-state index in [1.807, 2.05) is 24.7 Å². The van der Waals surface area contributed by atoms with E-state index in [4.69, 9.17) is 23.1 Å². The molecule has 1 heterocycles. The normalized spacial score (nSPS) is 29.6. The molecule has 0 unspecified atom stereocenters. The minimum atomic E-state index is -2.70. The van der Waals surface area contributed by atoms with E-state index >= 15 is 0 Å². The van der Waals surface area contributed by atoms with Gasteiger partial charge in [-0.3, -0.25) is 0 Å². The Balaban J connectivity index is 1.95. The van der Waals surface area contributed by atoms with Gasteiger partial charge in [-0.05, 0) is 5.56 Å². The third kappa shape index (κ3) is 1.58. The molecule has 0 saturated carbocycles. The molecule has 1 aromatic carbocycles. The van der Waals surface area contributed by atoms with E-state index in [9.17, 15) is 0 Å². The van der Waals surface area contributed by atoms with Crippen LogP contribution in [0.1, 0.15) is 11.1 Å². The minimum Gasteiger partial charge on any atom is -0.377 e. The highest BCUT2D eigenvalue weighted by Crippen LogP contribution is 2.50. The Morgan fingerprint density at radius 1 is 1.28 bits per heavy atom. The van der Waals surface area contributed by atoms with E-state index < -0.39 is 14.6 Å². The Labute approximate surface area is 107 Å². The highest BCUT2D eigenvalue weighted by Gasteiger charge is 2.63. The molecule has 2 aliphatic rings. The number of hydrogen-bond donors (Lipinski definition) is 0. The summed E-state index contributed by atoms with van der Waals surface area (Å²) in [6, 6.07) is 8.02. The zero-order valence-corrected chi connectivity index (χ0v) is 11.6. The number of benzene rings is 1. The minimum absolute atomic E-state index is 0.118. The van der Waals surface area contributed by atoms with Crippen LogP contribution in [0.3, 0.4) is 0 Å². The SMILES string of the molecule is CO[Si](C)(OC)O[C@]12OO[C@H]1Cc1ccccc12. The molecule has 1 fully saturated rings. The second kappa shape index (κ2) is 4.12. The molecule has 0 spiro atoms. The van der Waals surface area contributed by atoms with Crippen molar-refractivity contribution < 1.29 is 23.1 Å². The van der Waals surface area contributed by atoms with Crippen LogP contribution in [-0.4, -0.2) is 29.1 Å². The Bertz CT molecular complexity index is 462. The molecule has 2 atom stereocenters. The van der Waals surface area contributed by atoms with Crippen molar-refractivity contribution in [3.8, 4) is 0 Å². The molecule has 1 aromatic rings. The van der Waals surface area contributed by atoms with Crippen molar-refractivity contribution in [3.05, 3.63) is 35.4 Å². The van der Waals surface area contributed by atoms with Crippen molar-refractivity contribution >= 4 is 8.80 Å². The Kier molecular flexibility index (Phi) is 2.81. The number of hydrogen-bond acceptors (Lipinski definition) is 5. The molecule has 5 nitrogen and oxygen atoms in total. The smallest absolute Gasteiger partial charge is 0.377 e. The standard InChI is InChI=1S/C12H16O5Si/c1-13-18(3,14-2)17-12-10-7-5-4-6-9(10)8-11(12)15-16-12/h4-7,11H,8H2,1-3H3/t11-,12-/m0/s1. The van der Waals surface area contributed by atoms with Gasteiger partial charge in [0.25, 0.3) is 5.79 Å². The van der Waals surface area contributed by atoms with Gasteiger partial charge < -0.3 is 13.3 Å². The Morgan fingerprint density at radius 2 is 2.00 bits per heavy atom. The third-order valence-corrected chi connectivity index (χ3v) is 5.75. The van der Waals surface area contributed by atoms with Crippen LogP contribution in [0.4, 0.5) is 0 Å². The van der Waals surface area contributed by atoms with Crippen molar-refractivity contribution in [2.75, 3.05) is 14.2 Å². The molecule has 1 aliphatic carbocycles. The maximum Gasteiger partial charge on any atom is 0.499 e. The molecule has 1 aliphatic heterocycles. The van der Waals surface area contributed by atoms with E-state index in [0.29, 0.717) is 0 Å². The van der Waals surface area contributed by atoms with Crippen LogP contribution in [-0.2, 0) is 35.3 Å². The summed E-state index contributed by atoms with van der Waals surface area (Å²) in [6.07, 6.45) is 0.667. The molecule has 0 bridgehead atoms. The molecular weight excluding hydrogens is 252 g/mol. The number of rotatable bonds is 4. The molecule has 0 amide bonds. The largest absolute Gasteiger partial charge is 0.499 e. The third-order valence-electron chi connectivity index (χ3n) is 3.59. The summed E-state index contributed by atoms with van der Waals surface area (Å²) in [5, 5.41) is 0. The molecule has 0 aromatic heterocycles. The van der Waals surface area contributed by atoms with Gasteiger partial charge in [0.1, 0.15) is 0 Å². The summed E-state index contributed by atoms with van der Waals surface area (Å²) in [5.41, 5.74) is 2.19. The van der Waals surface area contributed by atoms with Gasteiger partial charge in [-0.1, -0.05) is 24.3 Å². The van der Waals surface area contributed by atoms with Crippen molar-refractivity contribution in [3.63, 3.8) is 0 Å². The van der Waals surface area contributed by atoms with Crippen molar-refractivity contribution in [2.45, 2.75) is 24.9 Å². The lowest BCUT2D eigenvalue weighted by Gasteiger charge is -2.45. The van der Waals surface area contributed by atoms with Crippen LogP contribution < -0.4 is 0 Å². The van der Waals surface area contributed by atoms with E-state index in [0.717, 1.165) is 12.0 Å². The summed E-state index contributed by atoms with van der Waals surface area (Å²) in [5.74, 6) is -0.858. The predicted molar refractivity (Wildman–Crippen MR) is 64.5 cm³/mol. The van der Waals surface area contributed by atoms with Crippen LogP contribution in [0, 0.1) is 0 Å². The average Bonchev–Trinajstić information content (AvgIpc) is 2.60. The molecule has 18 heavy (non-hydrogen) atoms. The first-order chi connectivity index (χ1) is 8.63. The highest BCUT2D eigenvalue weighted by atomic mass is 28.4. The second-order valence-corrected chi connectivity index (χ2v) is 7.32. The van der Waals surface area contributed by atoms with Gasteiger partial charge in [-0.2, -0.15) is 4.89 Å². The summed E-state index contributed by atoms with van der Waals surface area (Å²) < 4.78 is 16.8. The topological polar surface area (TPSA) is 46.2 Å². The lowest BCUT2D eigenvalue weighted by atomic mass is 10.1. The first-order valence-electron chi connectivity index (χ1n) is 5.87. The molecule has 0 radical (unpaired) electrons.